The number of halogens is 2. The first-order valence-electron chi connectivity index (χ1n) is 4.00. The molecule has 0 atom stereocenters. The number of benzene rings is 1. The number of carbonyl (C=O) groups is 1. The predicted octanol–water partition coefficient (Wildman–Crippen LogP) is 2.56. The third-order valence-corrected chi connectivity index (χ3v) is 1.31. The van der Waals surface area contributed by atoms with Crippen LogP contribution in [0.25, 0.3) is 0 Å². The molecule has 0 saturated carbocycles. The van der Waals surface area contributed by atoms with Gasteiger partial charge in [0.1, 0.15) is 5.75 Å². The fourth-order valence-corrected chi connectivity index (χ4v) is 0.802. The molecule has 0 fully saturated rings. The van der Waals surface area contributed by atoms with Crippen LogP contribution in [0.3, 0.4) is 0 Å². The molecule has 9 heteroatoms. The number of carbonyl (C=O) groups excluding carboxylic acids is 1. The zero-order valence-corrected chi connectivity index (χ0v) is 10.8. The Morgan fingerprint density at radius 1 is 1.35 bits per heavy atom. The Kier molecular flexibility index (Phi) is 7.44. The van der Waals surface area contributed by atoms with Gasteiger partial charge in [-0.2, -0.15) is 0 Å². The number of non-ortho nitro benzene ring substituents is 1. The van der Waals surface area contributed by atoms with Crippen molar-refractivity contribution in [2.75, 3.05) is 0 Å². The van der Waals surface area contributed by atoms with Crippen molar-refractivity contribution < 1.29 is 18.7 Å². The zero-order chi connectivity index (χ0) is 13.4. The summed E-state index contributed by atoms with van der Waals surface area (Å²) in [6.07, 6.45) is 0. The Morgan fingerprint density at radius 3 is 2.06 bits per heavy atom. The fourth-order valence-electron chi connectivity index (χ4n) is 0.802. The molecule has 1 aromatic carbocycles. The monoisotopic (exact) mass is 299 g/mol. The number of rotatable bonds is 2. The van der Waals surface area contributed by atoms with Crippen molar-refractivity contribution >= 4 is 42.2 Å². The van der Waals surface area contributed by atoms with Crippen LogP contribution in [0, 0.1) is 10.1 Å². The molecule has 0 saturated heterocycles. The molecule has 1 rings (SSSR count). The van der Waals surface area contributed by atoms with Gasteiger partial charge in [-0.25, -0.2) is 4.21 Å². The number of nitrogens with zero attached hydrogens (tertiary/aromatic N) is 1. The second-order valence-corrected chi connectivity index (χ2v) is 5.05. The van der Waals surface area contributed by atoms with Crippen LogP contribution in [-0.4, -0.2) is 15.1 Å². The molecular weight excluding hydrogens is 293 g/mol. The van der Waals surface area contributed by atoms with Gasteiger partial charge in [0.25, 0.3) is 5.69 Å². The summed E-state index contributed by atoms with van der Waals surface area (Å²) in [5.74, 6) is -0.146. The fraction of sp³-hybridized carbons (Fsp3) is 0.125. The van der Waals surface area contributed by atoms with Crippen LogP contribution in [0.5, 0.6) is 5.75 Å². The van der Waals surface area contributed by atoms with Crippen molar-refractivity contribution in [1.82, 2.24) is 0 Å². The normalized spacial score (nSPS) is 9.18. The zero-order valence-electron chi connectivity index (χ0n) is 8.46. The number of esters is 1. The highest BCUT2D eigenvalue weighted by Gasteiger charge is 2.04. The lowest BCUT2D eigenvalue weighted by Gasteiger charge is -1.98. The highest BCUT2D eigenvalue weighted by molar-refractivity contribution is 8.26. The van der Waals surface area contributed by atoms with Gasteiger partial charge < -0.3 is 4.74 Å². The van der Waals surface area contributed by atoms with Crippen LogP contribution in [0.2, 0.25) is 0 Å². The number of ether oxygens (including phenoxy) is 1. The summed E-state index contributed by atoms with van der Waals surface area (Å²) < 4.78 is 13.8. The number of hydrogen-bond acceptors (Lipinski definition) is 5. The van der Waals surface area contributed by atoms with Gasteiger partial charge in [-0.15, -0.1) is 0 Å². The molecule has 0 unspecified atom stereocenters. The van der Waals surface area contributed by atoms with Gasteiger partial charge in [-0.3, -0.25) is 14.9 Å². The van der Waals surface area contributed by atoms with Crippen LogP contribution in [0.1, 0.15) is 6.92 Å². The van der Waals surface area contributed by atoms with E-state index in [1.165, 1.54) is 31.2 Å². The third-order valence-electron chi connectivity index (χ3n) is 1.31. The first kappa shape index (κ1) is 15.8. The highest BCUT2D eigenvalue weighted by atomic mass is 36.0. The molecule has 0 aliphatic heterocycles. The van der Waals surface area contributed by atoms with Gasteiger partial charge in [-0.05, 0) is 12.1 Å². The maximum atomic E-state index is 10.5. The summed E-state index contributed by atoms with van der Waals surface area (Å²) in [6.45, 7) is 1.27. The smallest absolute Gasteiger partial charge is 0.308 e. The summed E-state index contributed by atoms with van der Waals surface area (Å²) in [4.78, 5) is 20.2. The largest absolute Gasteiger partial charge is 0.427 e. The van der Waals surface area contributed by atoms with Gasteiger partial charge in [-0.1, -0.05) is 0 Å². The topological polar surface area (TPSA) is 86.5 Å². The first-order chi connectivity index (χ1) is 7.82. The average molecular weight is 300 g/mol. The van der Waals surface area contributed by atoms with Gasteiger partial charge in [0.2, 0.25) is 9.23 Å². The van der Waals surface area contributed by atoms with Gasteiger partial charge in [0, 0.05) is 40.4 Å². The van der Waals surface area contributed by atoms with Crippen molar-refractivity contribution in [1.29, 1.82) is 0 Å². The second kappa shape index (κ2) is 7.99. The van der Waals surface area contributed by atoms with E-state index in [9.17, 15) is 14.9 Å². The van der Waals surface area contributed by atoms with E-state index in [0.717, 1.165) is 0 Å². The number of nitro benzene ring substituents is 1. The van der Waals surface area contributed by atoms with Gasteiger partial charge >= 0.3 is 5.97 Å². The summed E-state index contributed by atoms with van der Waals surface area (Å²) in [5.41, 5.74) is -0.0316. The molecule has 94 valence electrons. The summed E-state index contributed by atoms with van der Waals surface area (Å²) >= 11 is 0. The molecule has 0 aromatic heterocycles. The van der Waals surface area contributed by atoms with Crippen LogP contribution >= 0.6 is 21.4 Å². The molecule has 0 bridgehead atoms. The van der Waals surface area contributed by atoms with Gasteiger partial charge in [0.05, 0.1) is 4.92 Å². The Balaban J connectivity index is 0.000000557. The van der Waals surface area contributed by atoms with Crippen molar-refractivity contribution in [3.05, 3.63) is 34.4 Å². The lowest BCUT2D eigenvalue weighted by Crippen LogP contribution is -2.01. The third kappa shape index (κ3) is 8.61. The number of nitro groups is 1. The summed E-state index contributed by atoms with van der Waals surface area (Å²) in [6, 6.07) is 5.30. The summed E-state index contributed by atoms with van der Waals surface area (Å²) in [5, 5.41) is 10.2. The van der Waals surface area contributed by atoms with E-state index in [-0.39, 0.29) is 5.69 Å². The Hall–Kier alpha value is -1.18. The van der Waals surface area contributed by atoms with E-state index < -0.39 is 20.1 Å². The molecule has 0 amide bonds. The molecule has 0 heterocycles. The quantitative estimate of drug-likeness (QED) is 0.275. The molecule has 0 aliphatic rings. The maximum Gasteiger partial charge on any atom is 0.308 e. The van der Waals surface area contributed by atoms with Crippen LogP contribution in [0.15, 0.2) is 24.3 Å². The van der Waals surface area contributed by atoms with Crippen LogP contribution in [0.4, 0.5) is 5.69 Å². The van der Waals surface area contributed by atoms with Crippen molar-refractivity contribution in [3.63, 3.8) is 0 Å². The summed E-state index contributed by atoms with van der Waals surface area (Å²) in [7, 11) is 7.36. The molecule has 0 N–H and O–H groups in total. The molecule has 1 aromatic rings. The minimum Gasteiger partial charge on any atom is -0.427 e. The van der Waals surface area contributed by atoms with Crippen LogP contribution in [-0.2, 0) is 14.0 Å². The molecule has 6 nitrogen and oxygen atoms in total. The lowest BCUT2D eigenvalue weighted by atomic mass is 10.3. The minimum atomic E-state index is -1.67. The molecule has 0 radical (unpaired) electrons. The van der Waals surface area contributed by atoms with Gasteiger partial charge in [0.15, 0.2) is 0 Å². The van der Waals surface area contributed by atoms with E-state index in [0.29, 0.717) is 5.75 Å². The van der Waals surface area contributed by atoms with Crippen molar-refractivity contribution in [3.8, 4) is 5.75 Å². The average Bonchev–Trinajstić information content (AvgIpc) is 2.16. The van der Waals surface area contributed by atoms with E-state index in [1.54, 1.807) is 0 Å². The molecular formula is C8H7Cl2NO5S. The van der Waals surface area contributed by atoms with E-state index in [2.05, 4.69) is 26.1 Å². The Bertz CT molecular complexity index is 418. The minimum absolute atomic E-state index is 0.0316. The van der Waals surface area contributed by atoms with Crippen molar-refractivity contribution in [2.24, 2.45) is 0 Å². The Labute approximate surface area is 108 Å². The Morgan fingerprint density at radius 2 is 1.76 bits per heavy atom. The highest BCUT2D eigenvalue weighted by Crippen LogP contribution is 2.17. The number of hydrogen-bond donors (Lipinski definition) is 0. The molecule has 0 aliphatic carbocycles. The van der Waals surface area contributed by atoms with Crippen LogP contribution < -0.4 is 4.74 Å². The van der Waals surface area contributed by atoms with E-state index in [4.69, 9.17) is 4.21 Å². The molecule has 0 spiro atoms. The lowest BCUT2D eigenvalue weighted by molar-refractivity contribution is -0.384. The second-order valence-electron chi connectivity index (χ2n) is 2.53. The predicted molar refractivity (Wildman–Crippen MR) is 64.3 cm³/mol. The standard InChI is InChI=1S/C8H7NO4.Cl2OS/c1-6(10)13-8-4-2-7(3-5-8)9(11)12;1-4(2)3/h2-5H,1H3;. The first-order valence-corrected chi connectivity index (χ1v) is 6.80. The van der Waals surface area contributed by atoms with E-state index >= 15 is 0 Å². The van der Waals surface area contributed by atoms with E-state index in [1.807, 2.05) is 0 Å². The molecule has 17 heavy (non-hydrogen) atoms. The maximum absolute atomic E-state index is 10.5. The SMILES string of the molecule is CC(=O)Oc1ccc([N+](=O)[O-])cc1.O=S(Cl)Cl. The van der Waals surface area contributed by atoms with Crippen molar-refractivity contribution in [2.45, 2.75) is 6.92 Å².